The van der Waals surface area contributed by atoms with Crippen LogP contribution in [0.4, 0.5) is 11.4 Å². The molecule has 2 N–H and O–H groups in total. The first-order chi connectivity index (χ1) is 5.25. The van der Waals surface area contributed by atoms with Gasteiger partial charge in [-0.05, 0) is 12.1 Å². The number of nitrogens with two attached hydrogens (primary N) is 1. The minimum atomic E-state index is 0.613. The fourth-order valence-corrected chi connectivity index (χ4v) is 0.866. The first-order valence-corrected chi connectivity index (χ1v) is 3.28. The highest BCUT2D eigenvalue weighted by Gasteiger charge is 2.00. The number of para-hydroxylation sites is 2. The van der Waals surface area contributed by atoms with Gasteiger partial charge in [-0.1, -0.05) is 12.1 Å². The zero-order chi connectivity index (χ0) is 8.27. The predicted octanol–water partition coefficient (Wildman–Crippen LogP) is 0.861. The van der Waals surface area contributed by atoms with Crippen LogP contribution in [0.25, 0.3) is 0 Å². The number of carbonyl (C=O) groups is 1. The quantitative estimate of drug-likeness (QED) is 0.502. The Morgan fingerprint density at radius 1 is 1.45 bits per heavy atom. The molecule has 0 atom stereocenters. The summed E-state index contributed by atoms with van der Waals surface area (Å²) in [6.45, 7) is 0. The number of benzene rings is 1. The Kier molecular flexibility index (Phi) is 2.11. The van der Waals surface area contributed by atoms with Gasteiger partial charge in [0.25, 0.3) is 0 Å². The van der Waals surface area contributed by atoms with E-state index in [-0.39, 0.29) is 0 Å². The minimum absolute atomic E-state index is 0.613. The van der Waals surface area contributed by atoms with Crippen molar-refractivity contribution in [2.24, 2.45) is 0 Å². The van der Waals surface area contributed by atoms with E-state index >= 15 is 0 Å². The van der Waals surface area contributed by atoms with Crippen molar-refractivity contribution in [1.29, 1.82) is 0 Å². The van der Waals surface area contributed by atoms with E-state index in [9.17, 15) is 4.79 Å². The van der Waals surface area contributed by atoms with Gasteiger partial charge in [0.1, 0.15) is 0 Å². The molecule has 11 heavy (non-hydrogen) atoms. The van der Waals surface area contributed by atoms with E-state index in [4.69, 9.17) is 5.73 Å². The molecule has 1 amide bonds. The van der Waals surface area contributed by atoms with Gasteiger partial charge in [-0.25, -0.2) is 0 Å². The molecule has 3 heteroatoms. The molecule has 0 unspecified atom stereocenters. The third-order valence-electron chi connectivity index (χ3n) is 1.47. The van der Waals surface area contributed by atoms with Gasteiger partial charge in [0.05, 0.1) is 11.4 Å². The lowest BCUT2D eigenvalue weighted by atomic mass is 10.2. The smallest absolute Gasteiger partial charge is 0.213 e. The van der Waals surface area contributed by atoms with Crippen molar-refractivity contribution in [3.8, 4) is 0 Å². The Morgan fingerprint density at radius 3 is 2.64 bits per heavy atom. The summed E-state index contributed by atoms with van der Waals surface area (Å²) in [4.78, 5) is 11.8. The second-order valence-electron chi connectivity index (χ2n) is 2.28. The highest BCUT2D eigenvalue weighted by molar-refractivity contribution is 5.81. The van der Waals surface area contributed by atoms with Crippen LogP contribution in [-0.2, 0) is 4.79 Å². The number of hydrogen-bond donors (Lipinski definition) is 1. The highest BCUT2D eigenvalue weighted by atomic mass is 16.1. The largest absolute Gasteiger partial charge is 0.397 e. The van der Waals surface area contributed by atoms with E-state index in [0.29, 0.717) is 5.69 Å². The molecule has 0 fully saturated rings. The van der Waals surface area contributed by atoms with Crippen molar-refractivity contribution >= 4 is 17.8 Å². The van der Waals surface area contributed by atoms with Gasteiger partial charge >= 0.3 is 0 Å². The summed E-state index contributed by atoms with van der Waals surface area (Å²) in [6.07, 6.45) is 0.728. The third-order valence-corrected chi connectivity index (χ3v) is 1.47. The second-order valence-corrected chi connectivity index (χ2v) is 2.28. The van der Waals surface area contributed by atoms with E-state index in [1.807, 2.05) is 12.1 Å². The SMILES string of the molecule is CN(C=O)c1ccccc1N. The van der Waals surface area contributed by atoms with Gasteiger partial charge in [0.15, 0.2) is 0 Å². The summed E-state index contributed by atoms with van der Waals surface area (Å²) in [6, 6.07) is 7.22. The molecule has 3 nitrogen and oxygen atoms in total. The van der Waals surface area contributed by atoms with E-state index in [2.05, 4.69) is 0 Å². The molecule has 0 radical (unpaired) electrons. The van der Waals surface area contributed by atoms with Crippen LogP contribution in [0.3, 0.4) is 0 Å². The Labute approximate surface area is 65.4 Å². The molecule has 58 valence electrons. The van der Waals surface area contributed by atoms with Gasteiger partial charge in [-0.2, -0.15) is 0 Å². The zero-order valence-electron chi connectivity index (χ0n) is 6.32. The van der Waals surface area contributed by atoms with Crippen molar-refractivity contribution in [2.75, 3.05) is 17.7 Å². The first-order valence-electron chi connectivity index (χ1n) is 3.28. The van der Waals surface area contributed by atoms with Gasteiger partial charge < -0.3 is 10.6 Å². The first kappa shape index (κ1) is 7.60. The van der Waals surface area contributed by atoms with E-state index < -0.39 is 0 Å². The lowest BCUT2D eigenvalue weighted by Gasteiger charge is -2.12. The number of carbonyl (C=O) groups excluding carboxylic acids is 1. The summed E-state index contributed by atoms with van der Waals surface area (Å²) < 4.78 is 0. The molecule has 1 aromatic rings. The van der Waals surface area contributed by atoms with Gasteiger partial charge in [-0.15, -0.1) is 0 Å². The van der Waals surface area contributed by atoms with E-state index in [1.54, 1.807) is 19.2 Å². The number of hydrogen-bond acceptors (Lipinski definition) is 2. The maximum absolute atomic E-state index is 10.3. The van der Waals surface area contributed by atoms with E-state index in [1.165, 1.54) is 4.90 Å². The van der Waals surface area contributed by atoms with Crippen LogP contribution in [0.2, 0.25) is 0 Å². The van der Waals surface area contributed by atoms with Crippen molar-refractivity contribution in [1.82, 2.24) is 0 Å². The second kappa shape index (κ2) is 3.05. The third kappa shape index (κ3) is 1.49. The molecule has 0 aromatic heterocycles. The zero-order valence-corrected chi connectivity index (χ0v) is 6.32. The van der Waals surface area contributed by atoms with Crippen LogP contribution < -0.4 is 10.6 Å². The molecule has 0 aliphatic heterocycles. The molecular weight excluding hydrogens is 140 g/mol. The van der Waals surface area contributed by atoms with Crippen LogP contribution in [0.5, 0.6) is 0 Å². The minimum Gasteiger partial charge on any atom is -0.397 e. The normalized spacial score (nSPS) is 9.18. The summed E-state index contributed by atoms with van der Waals surface area (Å²) in [5.41, 5.74) is 6.95. The molecule has 0 saturated carbocycles. The van der Waals surface area contributed by atoms with Crippen molar-refractivity contribution in [3.63, 3.8) is 0 Å². The molecule has 1 aromatic carbocycles. The average molecular weight is 150 g/mol. The van der Waals surface area contributed by atoms with Crippen LogP contribution in [0, 0.1) is 0 Å². The fourth-order valence-electron chi connectivity index (χ4n) is 0.866. The summed E-state index contributed by atoms with van der Waals surface area (Å²) in [5.74, 6) is 0. The van der Waals surface area contributed by atoms with Gasteiger partial charge in [0, 0.05) is 7.05 Å². The number of nitrogens with zero attached hydrogens (tertiary/aromatic N) is 1. The van der Waals surface area contributed by atoms with Gasteiger partial charge in [-0.3, -0.25) is 4.79 Å². The fraction of sp³-hybridized carbons (Fsp3) is 0.125. The topological polar surface area (TPSA) is 46.3 Å². The lowest BCUT2D eigenvalue weighted by molar-refractivity contribution is -0.107. The average Bonchev–Trinajstić information content (AvgIpc) is 2.04. The van der Waals surface area contributed by atoms with Crippen LogP contribution in [0.1, 0.15) is 0 Å². The summed E-state index contributed by atoms with van der Waals surface area (Å²) in [7, 11) is 1.67. The molecule has 1 rings (SSSR count). The van der Waals surface area contributed by atoms with Crippen LogP contribution in [-0.4, -0.2) is 13.5 Å². The number of amides is 1. The van der Waals surface area contributed by atoms with E-state index in [0.717, 1.165) is 12.1 Å². The number of anilines is 2. The molecule has 0 aliphatic rings. The van der Waals surface area contributed by atoms with Crippen LogP contribution in [0.15, 0.2) is 24.3 Å². The molecule has 0 saturated heterocycles. The summed E-state index contributed by atoms with van der Waals surface area (Å²) in [5, 5.41) is 0. The Bertz CT molecular complexity index is 260. The molecule has 0 aliphatic carbocycles. The Balaban J connectivity index is 3.02. The molecule has 0 spiro atoms. The number of nitrogen functional groups attached to an aromatic ring is 1. The Hall–Kier alpha value is -1.51. The maximum atomic E-state index is 10.3. The number of rotatable bonds is 2. The highest BCUT2D eigenvalue weighted by Crippen LogP contribution is 2.19. The monoisotopic (exact) mass is 150 g/mol. The van der Waals surface area contributed by atoms with Crippen molar-refractivity contribution < 1.29 is 4.79 Å². The van der Waals surface area contributed by atoms with Gasteiger partial charge in [0.2, 0.25) is 6.41 Å². The summed E-state index contributed by atoms with van der Waals surface area (Å²) >= 11 is 0. The van der Waals surface area contributed by atoms with Crippen molar-refractivity contribution in [3.05, 3.63) is 24.3 Å². The van der Waals surface area contributed by atoms with Crippen molar-refractivity contribution in [2.45, 2.75) is 0 Å². The van der Waals surface area contributed by atoms with Crippen LogP contribution >= 0.6 is 0 Å². The lowest BCUT2D eigenvalue weighted by Crippen LogP contribution is -2.15. The standard InChI is InChI=1S/C8H10N2O/c1-10(6-11)8-5-3-2-4-7(8)9/h2-6H,9H2,1H3. The predicted molar refractivity (Wildman–Crippen MR) is 45.3 cm³/mol. The molecule has 0 bridgehead atoms. The molecular formula is C8H10N2O. The maximum Gasteiger partial charge on any atom is 0.213 e. The molecule has 0 heterocycles. The Morgan fingerprint density at radius 2 is 2.09 bits per heavy atom.